The molecule has 0 spiro atoms. The standard InChI is InChI=1S/C23H22FN3O3/c24-20-7-2-1-6-19(20)18(13-23-29-10-11-30-23)14-25-22-9-8-21(26-27-22)17-5-3-4-16(12-17)15-28/h1-9,12,15,18,23H,10-11,13-14H2,(H,25,27). The van der Waals surface area contributed by atoms with E-state index >= 15 is 0 Å². The predicted octanol–water partition coefficient (Wildman–Crippen LogP) is 4.05. The van der Waals surface area contributed by atoms with Crippen molar-refractivity contribution in [2.24, 2.45) is 0 Å². The van der Waals surface area contributed by atoms with Gasteiger partial charge in [0.05, 0.1) is 18.9 Å². The van der Waals surface area contributed by atoms with Crippen LogP contribution in [0, 0.1) is 5.82 Å². The van der Waals surface area contributed by atoms with Crippen molar-refractivity contribution in [1.29, 1.82) is 0 Å². The number of halogens is 1. The number of benzene rings is 2. The highest BCUT2D eigenvalue weighted by Gasteiger charge is 2.24. The van der Waals surface area contributed by atoms with Gasteiger partial charge in [-0.25, -0.2) is 4.39 Å². The molecule has 0 radical (unpaired) electrons. The fourth-order valence-electron chi connectivity index (χ4n) is 3.48. The summed E-state index contributed by atoms with van der Waals surface area (Å²) in [4.78, 5) is 11.0. The van der Waals surface area contributed by atoms with Crippen molar-refractivity contribution in [2.45, 2.75) is 18.6 Å². The maximum absolute atomic E-state index is 14.4. The highest BCUT2D eigenvalue weighted by Crippen LogP contribution is 2.27. The Balaban J connectivity index is 1.46. The van der Waals surface area contributed by atoms with Crippen molar-refractivity contribution in [3.63, 3.8) is 0 Å². The Morgan fingerprint density at radius 1 is 1.07 bits per heavy atom. The number of nitrogens with zero attached hydrogens (tertiary/aromatic N) is 2. The number of aldehydes is 1. The Kier molecular flexibility index (Phi) is 6.41. The van der Waals surface area contributed by atoms with Crippen molar-refractivity contribution < 1.29 is 18.7 Å². The van der Waals surface area contributed by atoms with Crippen LogP contribution in [0.15, 0.2) is 60.7 Å². The number of rotatable bonds is 8. The molecule has 1 aromatic heterocycles. The summed E-state index contributed by atoms with van der Waals surface area (Å²) in [5, 5.41) is 11.7. The van der Waals surface area contributed by atoms with E-state index in [4.69, 9.17) is 9.47 Å². The highest BCUT2D eigenvalue weighted by atomic mass is 19.1. The second-order valence-electron chi connectivity index (χ2n) is 7.05. The van der Waals surface area contributed by atoms with Gasteiger partial charge in [-0.2, -0.15) is 0 Å². The minimum atomic E-state index is -0.338. The number of aromatic nitrogens is 2. The summed E-state index contributed by atoms with van der Waals surface area (Å²) in [5.41, 5.74) is 2.68. The first-order chi connectivity index (χ1) is 14.7. The van der Waals surface area contributed by atoms with Gasteiger partial charge in [0.1, 0.15) is 17.9 Å². The van der Waals surface area contributed by atoms with Crippen molar-refractivity contribution in [3.05, 3.63) is 77.6 Å². The van der Waals surface area contributed by atoms with Gasteiger partial charge in [0.15, 0.2) is 6.29 Å². The van der Waals surface area contributed by atoms with Crippen LogP contribution in [0.2, 0.25) is 0 Å². The van der Waals surface area contributed by atoms with Crippen molar-refractivity contribution in [1.82, 2.24) is 10.2 Å². The van der Waals surface area contributed by atoms with Crippen molar-refractivity contribution in [2.75, 3.05) is 25.1 Å². The normalized spacial score (nSPS) is 15.1. The third kappa shape index (κ3) is 4.87. The molecule has 1 saturated heterocycles. The molecule has 30 heavy (non-hydrogen) atoms. The van der Waals surface area contributed by atoms with E-state index in [-0.39, 0.29) is 18.0 Å². The average molecular weight is 407 g/mol. The number of ether oxygens (including phenoxy) is 2. The van der Waals surface area contributed by atoms with Gasteiger partial charge in [-0.1, -0.05) is 36.4 Å². The van der Waals surface area contributed by atoms with Crippen LogP contribution < -0.4 is 5.32 Å². The lowest BCUT2D eigenvalue weighted by Crippen LogP contribution is -2.21. The van der Waals surface area contributed by atoms with Crippen LogP contribution in [0.1, 0.15) is 28.3 Å². The molecule has 0 aliphatic carbocycles. The summed E-state index contributed by atoms with van der Waals surface area (Å²) in [5.74, 6) is 0.179. The molecule has 1 N–H and O–H groups in total. The Morgan fingerprint density at radius 3 is 2.63 bits per heavy atom. The van der Waals surface area contributed by atoms with Crippen LogP contribution >= 0.6 is 0 Å². The van der Waals surface area contributed by atoms with E-state index in [9.17, 15) is 9.18 Å². The van der Waals surface area contributed by atoms with Gasteiger partial charge in [-0.3, -0.25) is 4.79 Å². The second kappa shape index (κ2) is 9.56. The zero-order chi connectivity index (χ0) is 20.8. The molecule has 1 unspecified atom stereocenters. The molecule has 2 heterocycles. The highest BCUT2D eigenvalue weighted by molar-refractivity contribution is 5.78. The first kappa shape index (κ1) is 20.1. The third-order valence-electron chi connectivity index (χ3n) is 5.03. The SMILES string of the molecule is O=Cc1cccc(-c2ccc(NCC(CC3OCCO3)c3ccccc3F)nn2)c1. The molecule has 1 atom stereocenters. The molecule has 1 aliphatic heterocycles. The fraction of sp³-hybridized carbons (Fsp3) is 0.261. The van der Waals surface area contributed by atoms with E-state index in [1.165, 1.54) is 6.07 Å². The van der Waals surface area contributed by atoms with E-state index in [0.29, 0.717) is 48.8 Å². The zero-order valence-corrected chi connectivity index (χ0v) is 16.3. The number of anilines is 1. The van der Waals surface area contributed by atoms with Crippen LogP contribution in [0.3, 0.4) is 0 Å². The molecule has 1 fully saturated rings. The second-order valence-corrected chi connectivity index (χ2v) is 7.05. The molecule has 6 nitrogen and oxygen atoms in total. The lowest BCUT2D eigenvalue weighted by molar-refractivity contribution is -0.0505. The number of hydrogen-bond donors (Lipinski definition) is 1. The zero-order valence-electron chi connectivity index (χ0n) is 16.3. The van der Waals surface area contributed by atoms with Gasteiger partial charge in [0.25, 0.3) is 0 Å². The molecule has 1 aliphatic rings. The lowest BCUT2D eigenvalue weighted by Gasteiger charge is -2.21. The van der Waals surface area contributed by atoms with E-state index in [1.54, 1.807) is 30.3 Å². The predicted molar refractivity (Wildman–Crippen MR) is 111 cm³/mol. The summed E-state index contributed by atoms with van der Waals surface area (Å²) in [6.07, 6.45) is 1.00. The minimum absolute atomic E-state index is 0.153. The van der Waals surface area contributed by atoms with Crippen LogP contribution in [0.5, 0.6) is 0 Å². The summed E-state index contributed by atoms with van der Waals surface area (Å²) < 4.78 is 25.5. The van der Waals surface area contributed by atoms with Crippen LogP contribution in [0.25, 0.3) is 11.3 Å². The molecule has 0 amide bonds. The topological polar surface area (TPSA) is 73.3 Å². The van der Waals surface area contributed by atoms with Gasteiger partial charge >= 0.3 is 0 Å². The van der Waals surface area contributed by atoms with Crippen LogP contribution in [0.4, 0.5) is 10.2 Å². The average Bonchev–Trinajstić information content (AvgIpc) is 3.31. The van der Waals surface area contributed by atoms with E-state index in [1.807, 2.05) is 24.3 Å². The Labute approximate surface area is 174 Å². The van der Waals surface area contributed by atoms with Gasteiger partial charge in [0.2, 0.25) is 0 Å². The third-order valence-corrected chi connectivity index (χ3v) is 5.03. The monoisotopic (exact) mass is 407 g/mol. The molecular weight excluding hydrogens is 385 g/mol. The molecule has 4 rings (SSSR count). The molecular formula is C23H22FN3O3. The molecule has 7 heteroatoms. The summed E-state index contributed by atoms with van der Waals surface area (Å²) in [7, 11) is 0. The smallest absolute Gasteiger partial charge is 0.158 e. The van der Waals surface area contributed by atoms with Gasteiger partial charge < -0.3 is 14.8 Å². The summed E-state index contributed by atoms with van der Waals surface area (Å²) in [6.45, 7) is 1.57. The number of hydrogen-bond acceptors (Lipinski definition) is 6. The summed E-state index contributed by atoms with van der Waals surface area (Å²) >= 11 is 0. The van der Waals surface area contributed by atoms with E-state index in [2.05, 4.69) is 15.5 Å². The van der Waals surface area contributed by atoms with Crippen LogP contribution in [-0.4, -0.2) is 42.5 Å². The molecule has 2 aromatic carbocycles. The Bertz CT molecular complexity index is 991. The van der Waals surface area contributed by atoms with Crippen LogP contribution in [-0.2, 0) is 9.47 Å². The number of carbonyl (C=O) groups excluding carboxylic acids is 1. The molecule has 154 valence electrons. The maximum Gasteiger partial charge on any atom is 0.158 e. The number of nitrogens with one attached hydrogen (secondary N) is 1. The van der Waals surface area contributed by atoms with Gasteiger partial charge in [-0.15, -0.1) is 10.2 Å². The fourth-order valence-corrected chi connectivity index (χ4v) is 3.48. The largest absolute Gasteiger partial charge is 0.368 e. The number of carbonyl (C=O) groups is 1. The minimum Gasteiger partial charge on any atom is -0.368 e. The quantitative estimate of drug-likeness (QED) is 0.568. The lowest BCUT2D eigenvalue weighted by atomic mass is 9.94. The summed E-state index contributed by atoms with van der Waals surface area (Å²) in [6, 6.07) is 17.6. The van der Waals surface area contributed by atoms with E-state index < -0.39 is 0 Å². The Morgan fingerprint density at radius 2 is 1.90 bits per heavy atom. The van der Waals surface area contributed by atoms with E-state index in [0.717, 1.165) is 11.8 Å². The Hall–Kier alpha value is -3.16. The molecule has 0 saturated carbocycles. The van der Waals surface area contributed by atoms with Gasteiger partial charge in [0, 0.05) is 30.0 Å². The van der Waals surface area contributed by atoms with Crippen molar-refractivity contribution in [3.8, 4) is 11.3 Å². The molecule has 3 aromatic rings. The maximum atomic E-state index is 14.4. The van der Waals surface area contributed by atoms with Gasteiger partial charge in [-0.05, 0) is 29.8 Å². The van der Waals surface area contributed by atoms with Crippen molar-refractivity contribution >= 4 is 12.1 Å². The molecule has 0 bridgehead atoms. The first-order valence-corrected chi connectivity index (χ1v) is 9.84. The first-order valence-electron chi connectivity index (χ1n) is 9.84.